The van der Waals surface area contributed by atoms with Gasteiger partial charge in [-0.15, -0.1) is 0 Å². The fourth-order valence-electron chi connectivity index (χ4n) is 2.62. The summed E-state index contributed by atoms with van der Waals surface area (Å²) in [6.07, 6.45) is 5.75. The van der Waals surface area contributed by atoms with Crippen LogP contribution in [0.5, 0.6) is 0 Å². The van der Waals surface area contributed by atoms with Crippen molar-refractivity contribution in [1.82, 2.24) is 15.2 Å². The first-order valence-corrected chi connectivity index (χ1v) is 7.39. The summed E-state index contributed by atoms with van der Waals surface area (Å²) in [5.41, 5.74) is 2.19. The average molecular weight is 287 g/mol. The lowest BCUT2D eigenvalue weighted by Gasteiger charge is -2.32. The van der Waals surface area contributed by atoms with E-state index >= 15 is 0 Å². The third-order valence-electron chi connectivity index (χ3n) is 4.00. The predicted molar refractivity (Wildman–Crippen MR) is 82.2 cm³/mol. The second kappa shape index (κ2) is 6.58. The number of rotatable bonds is 5. The van der Waals surface area contributed by atoms with E-state index in [1.165, 1.54) is 0 Å². The minimum absolute atomic E-state index is 0.308. The molecule has 0 spiro atoms. The highest BCUT2D eigenvalue weighted by Crippen LogP contribution is 2.23. The normalized spacial score (nSPS) is 16.1. The van der Waals surface area contributed by atoms with Crippen molar-refractivity contribution in [2.75, 3.05) is 29.9 Å². The Kier molecular flexibility index (Phi) is 4.35. The predicted octanol–water partition coefficient (Wildman–Crippen LogP) is 1.63. The molecule has 0 aliphatic carbocycles. The van der Waals surface area contributed by atoms with Gasteiger partial charge in [-0.05, 0) is 37.0 Å². The molecule has 3 rings (SSSR count). The van der Waals surface area contributed by atoms with E-state index in [0.717, 1.165) is 43.1 Å². The van der Waals surface area contributed by atoms with Crippen LogP contribution in [-0.4, -0.2) is 40.0 Å². The van der Waals surface area contributed by atoms with Gasteiger partial charge in [0.15, 0.2) is 0 Å². The van der Waals surface area contributed by atoms with Gasteiger partial charge < -0.3 is 15.3 Å². The van der Waals surface area contributed by atoms with Crippen LogP contribution >= 0.6 is 0 Å². The van der Waals surface area contributed by atoms with Crippen LogP contribution in [-0.2, 0) is 6.54 Å². The molecule has 112 valence electrons. The molecule has 2 aromatic heterocycles. The van der Waals surface area contributed by atoms with Gasteiger partial charge in [-0.1, -0.05) is 0 Å². The molecule has 0 bridgehead atoms. The lowest BCUT2D eigenvalue weighted by molar-refractivity contribution is 0.203. The monoisotopic (exact) mass is 287 g/mol. The van der Waals surface area contributed by atoms with Crippen molar-refractivity contribution in [3.8, 4) is 0 Å². The summed E-state index contributed by atoms with van der Waals surface area (Å²) in [6.45, 7) is 2.98. The highest BCUT2D eigenvalue weighted by atomic mass is 16.3. The molecule has 0 radical (unpaired) electrons. The SMILES string of the molecule is OCC1CCN(c2ccc(NCc3ccn[nH]3)nc2)CC1. The average Bonchev–Trinajstić information content (AvgIpc) is 3.07. The molecular weight excluding hydrogens is 266 g/mol. The van der Waals surface area contributed by atoms with Crippen LogP contribution in [0.2, 0.25) is 0 Å². The van der Waals surface area contributed by atoms with Crippen molar-refractivity contribution in [2.24, 2.45) is 5.92 Å². The van der Waals surface area contributed by atoms with Gasteiger partial charge in [-0.3, -0.25) is 5.10 Å². The Hall–Kier alpha value is -2.08. The summed E-state index contributed by atoms with van der Waals surface area (Å²) in [4.78, 5) is 6.79. The molecular formula is C15H21N5O. The first-order chi connectivity index (χ1) is 10.3. The number of H-pyrrole nitrogens is 1. The van der Waals surface area contributed by atoms with E-state index in [1.807, 2.05) is 18.3 Å². The molecule has 1 fully saturated rings. The molecule has 0 unspecified atom stereocenters. The number of aliphatic hydroxyl groups excluding tert-OH is 1. The molecule has 1 aliphatic heterocycles. The smallest absolute Gasteiger partial charge is 0.126 e. The molecule has 21 heavy (non-hydrogen) atoms. The zero-order chi connectivity index (χ0) is 14.5. The zero-order valence-corrected chi connectivity index (χ0v) is 12.0. The van der Waals surface area contributed by atoms with Gasteiger partial charge in [0.1, 0.15) is 5.82 Å². The van der Waals surface area contributed by atoms with Crippen LogP contribution < -0.4 is 10.2 Å². The van der Waals surface area contributed by atoms with Crippen LogP contribution in [0, 0.1) is 5.92 Å². The maximum absolute atomic E-state index is 9.18. The number of anilines is 2. The second-order valence-electron chi connectivity index (χ2n) is 5.45. The third-order valence-corrected chi connectivity index (χ3v) is 4.00. The number of pyridine rings is 1. The molecule has 3 N–H and O–H groups in total. The number of hydrogen-bond acceptors (Lipinski definition) is 5. The first kappa shape index (κ1) is 13.9. The summed E-state index contributed by atoms with van der Waals surface area (Å²) in [5, 5.41) is 19.3. The minimum atomic E-state index is 0.308. The van der Waals surface area contributed by atoms with Crippen molar-refractivity contribution < 1.29 is 5.11 Å². The molecule has 0 atom stereocenters. The van der Waals surface area contributed by atoms with Crippen LogP contribution in [0.15, 0.2) is 30.6 Å². The van der Waals surface area contributed by atoms with E-state index in [9.17, 15) is 5.11 Å². The molecule has 0 aromatic carbocycles. The van der Waals surface area contributed by atoms with Crippen molar-refractivity contribution >= 4 is 11.5 Å². The topological polar surface area (TPSA) is 77.1 Å². The molecule has 3 heterocycles. The Morgan fingerprint density at radius 2 is 2.14 bits per heavy atom. The Labute approximate surface area is 124 Å². The van der Waals surface area contributed by atoms with Gasteiger partial charge in [-0.25, -0.2) is 4.98 Å². The Bertz CT molecular complexity index is 532. The molecule has 6 heteroatoms. The third kappa shape index (κ3) is 3.52. The second-order valence-corrected chi connectivity index (χ2v) is 5.45. The molecule has 0 amide bonds. The maximum atomic E-state index is 9.18. The van der Waals surface area contributed by atoms with Gasteiger partial charge in [0, 0.05) is 25.9 Å². The number of aromatic nitrogens is 3. The number of nitrogens with one attached hydrogen (secondary N) is 2. The van der Waals surface area contributed by atoms with E-state index in [0.29, 0.717) is 19.1 Å². The fourth-order valence-corrected chi connectivity index (χ4v) is 2.62. The number of hydrogen-bond donors (Lipinski definition) is 3. The molecule has 6 nitrogen and oxygen atoms in total. The van der Waals surface area contributed by atoms with Crippen LogP contribution in [0.4, 0.5) is 11.5 Å². The molecule has 1 aliphatic rings. The molecule has 2 aromatic rings. The Morgan fingerprint density at radius 3 is 2.76 bits per heavy atom. The van der Waals surface area contributed by atoms with Gasteiger partial charge in [0.2, 0.25) is 0 Å². The fraction of sp³-hybridized carbons (Fsp3) is 0.467. The van der Waals surface area contributed by atoms with E-state index in [1.54, 1.807) is 6.20 Å². The highest BCUT2D eigenvalue weighted by Gasteiger charge is 2.18. The summed E-state index contributed by atoms with van der Waals surface area (Å²) < 4.78 is 0. The lowest BCUT2D eigenvalue weighted by atomic mass is 9.98. The van der Waals surface area contributed by atoms with E-state index in [-0.39, 0.29) is 0 Å². The molecule has 0 saturated carbocycles. The number of aliphatic hydroxyl groups is 1. The summed E-state index contributed by atoms with van der Waals surface area (Å²) in [5.74, 6) is 1.32. The van der Waals surface area contributed by atoms with E-state index in [2.05, 4.69) is 31.5 Å². The van der Waals surface area contributed by atoms with Crippen LogP contribution in [0.25, 0.3) is 0 Å². The zero-order valence-electron chi connectivity index (χ0n) is 12.0. The van der Waals surface area contributed by atoms with Gasteiger partial charge >= 0.3 is 0 Å². The van der Waals surface area contributed by atoms with E-state index in [4.69, 9.17) is 0 Å². The van der Waals surface area contributed by atoms with E-state index < -0.39 is 0 Å². The number of nitrogens with zero attached hydrogens (tertiary/aromatic N) is 3. The van der Waals surface area contributed by atoms with Crippen molar-refractivity contribution in [3.63, 3.8) is 0 Å². The van der Waals surface area contributed by atoms with Crippen LogP contribution in [0.1, 0.15) is 18.5 Å². The maximum Gasteiger partial charge on any atom is 0.126 e. The Morgan fingerprint density at radius 1 is 1.29 bits per heavy atom. The largest absolute Gasteiger partial charge is 0.396 e. The van der Waals surface area contributed by atoms with Gasteiger partial charge in [-0.2, -0.15) is 5.10 Å². The minimum Gasteiger partial charge on any atom is -0.396 e. The summed E-state index contributed by atoms with van der Waals surface area (Å²) in [6, 6.07) is 6.04. The molecule has 1 saturated heterocycles. The number of piperidine rings is 1. The van der Waals surface area contributed by atoms with Gasteiger partial charge in [0.05, 0.1) is 24.1 Å². The van der Waals surface area contributed by atoms with Crippen molar-refractivity contribution in [3.05, 3.63) is 36.3 Å². The summed E-state index contributed by atoms with van der Waals surface area (Å²) in [7, 11) is 0. The van der Waals surface area contributed by atoms with Crippen molar-refractivity contribution in [2.45, 2.75) is 19.4 Å². The van der Waals surface area contributed by atoms with Crippen LogP contribution in [0.3, 0.4) is 0 Å². The summed E-state index contributed by atoms with van der Waals surface area (Å²) >= 11 is 0. The lowest BCUT2D eigenvalue weighted by Crippen LogP contribution is -2.34. The van der Waals surface area contributed by atoms with Gasteiger partial charge in [0.25, 0.3) is 0 Å². The standard InChI is InChI=1S/C15H21N5O/c21-11-12-4-7-20(8-5-12)14-1-2-15(17-10-14)16-9-13-3-6-18-19-13/h1-3,6,10,12,21H,4-5,7-9,11H2,(H,16,17)(H,18,19). The van der Waals surface area contributed by atoms with Crippen molar-refractivity contribution in [1.29, 1.82) is 0 Å². The Balaban J connectivity index is 1.54. The quantitative estimate of drug-likeness (QED) is 0.779. The first-order valence-electron chi connectivity index (χ1n) is 7.39. The highest BCUT2D eigenvalue weighted by molar-refractivity contribution is 5.49. The number of aromatic amines is 1.